The summed E-state index contributed by atoms with van der Waals surface area (Å²) < 4.78 is 0. The molecule has 2 aliphatic rings. The van der Waals surface area contributed by atoms with Crippen molar-refractivity contribution in [2.24, 2.45) is 0 Å². The van der Waals surface area contributed by atoms with Crippen LogP contribution < -0.4 is 0 Å². The van der Waals surface area contributed by atoms with Crippen LogP contribution in [-0.2, 0) is 5.54 Å². The zero-order valence-electron chi connectivity index (χ0n) is 12.9. The number of Topliss-reactive ketones (excluding diaryl/α,β-unsaturated/α-hetero) is 2. The molecule has 4 rings (SSSR count). The largest absolute Gasteiger partial charge is 0.291 e. The number of carbonyl (C=O) groups excluding carboxylic acids is 2. The molecule has 1 aliphatic carbocycles. The first kappa shape index (κ1) is 14.3. The van der Waals surface area contributed by atoms with Gasteiger partial charge in [0.25, 0.3) is 0 Å². The van der Waals surface area contributed by atoms with Gasteiger partial charge in [0.1, 0.15) is 0 Å². The summed E-state index contributed by atoms with van der Waals surface area (Å²) in [5.41, 5.74) is 0.321. The Morgan fingerprint density at radius 1 is 0.826 bits per heavy atom. The molecule has 1 aromatic heterocycles. The lowest BCUT2D eigenvalue weighted by atomic mass is 9.85. The van der Waals surface area contributed by atoms with Gasteiger partial charge in [0.2, 0.25) is 0 Å². The lowest BCUT2D eigenvalue weighted by Gasteiger charge is -2.40. The predicted molar refractivity (Wildman–Crippen MR) is 86.4 cm³/mol. The fourth-order valence-corrected chi connectivity index (χ4v) is 3.86. The summed E-state index contributed by atoms with van der Waals surface area (Å²) in [6.45, 7) is 1.50. The van der Waals surface area contributed by atoms with E-state index in [1.807, 2.05) is 29.2 Å². The highest BCUT2D eigenvalue weighted by atomic mass is 16.2. The van der Waals surface area contributed by atoms with E-state index in [2.05, 4.69) is 4.98 Å². The molecule has 4 heteroatoms. The number of nitrogens with zero attached hydrogens (tertiary/aromatic N) is 2. The Labute approximate surface area is 135 Å². The van der Waals surface area contributed by atoms with Crippen LogP contribution in [-0.4, -0.2) is 34.5 Å². The summed E-state index contributed by atoms with van der Waals surface area (Å²) in [6, 6.07) is 12.6. The van der Waals surface area contributed by atoms with Crippen LogP contribution in [0.25, 0.3) is 0 Å². The van der Waals surface area contributed by atoms with E-state index < -0.39 is 5.54 Å². The highest BCUT2D eigenvalue weighted by Crippen LogP contribution is 2.42. The van der Waals surface area contributed by atoms with Gasteiger partial charge in [0.15, 0.2) is 17.1 Å². The number of fused-ring (bicyclic) bond motifs is 1. The zero-order chi connectivity index (χ0) is 15.9. The van der Waals surface area contributed by atoms with Crippen LogP contribution in [0.4, 0.5) is 0 Å². The molecule has 1 fully saturated rings. The van der Waals surface area contributed by atoms with E-state index in [0.29, 0.717) is 16.8 Å². The highest BCUT2D eigenvalue weighted by molar-refractivity contribution is 6.32. The summed E-state index contributed by atoms with van der Waals surface area (Å²) in [6.07, 6.45) is 4.81. The molecule has 0 spiro atoms. The molecule has 4 nitrogen and oxygen atoms in total. The standard InChI is InChI=1S/C19H18N2O2/c22-17-14-8-2-3-9-15(14)18(23)19(17,16-10-4-5-11-20-16)21-12-6-1-7-13-21/h2-5,8-11H,1,6-7,12-13H2. The molecule has 0 amide bonds. The second-order valence-electron chi connectivity index (χ2n) is 6.18. The molecule has 116 valence electrons. The molecule has 23 heavy (non-hydrogen) atoms. The lowest BCUT2D eigenvalue weighted by molar-refractivity contribution is 0.0410. The minimum atomic E-state index is -1.27. The molecule has 0 unspecified atom stereocenters. The smallest absolute Gasteiger partial charge is 0.198 e. The van der Waals surface area contributed by atoms with Crippen LogP contribution >= 0.6 is 0 Å². The van der Waals surface area contributed by atoms with Gasteiger partial charge in [0.05, 0.1) is 5.69 Å². The molecule has 0 atom stereocenters. The van der Waals surface area contributed by atoms with Crippen molar-refractivity contribution in [3.63, 3.8) is 0 Å². The maximum atomic E-state index is 13.3. The van der Waals surface area contributed by atoms with Crippen molar-refractivity contribution in [2.45, 2.75) is 24.8 Å². The van der Waals surface area contributed by atoms with Crippen LogP contribution in [0.5, 0.6) is 0 Å². The van der Waals surface area contributed by atoms with Gasteiger partial charge in [-0.05, 0) is 38.1 Å². The third kappa shape index (κ3) is 1.91. The summed E-state index contributed by atoms with van der Waals surface area (Å²) >= 11 is 0. The minimum Gasteiger partial charge on any atom is -0.291 e. The number of benzene rings is 1. The number of piperidine rings is 1. The van der Waals surface area contributed by atoms with E-state index in [9.17, 15) is 9.59 Å². The number of ketones is 2. The number of hydrogen-bond donors (Lipinski definition) is 0. The zero-order valence-corrected chi connectivity index (χ0v) is 12.9. The Hall–Kier alpha value is -2.33. The van der Waals surface area contributed by atoms with E-state index in [0.717, 1.165) is 32.4 Å². The SMILES string of the molecule is O=C1c2ccccc2C(=O)C1(c1ccccn1)N1CCCCC1. The molecule has 0 N–H and O–H groups in total. The molecule has 1 aromatic carbocycles. The average Bonchev–Trinajstić information content (AvgIpc) is 2.86. The fraction of sp³-hybridized carbons (Fsp3) is 0.316. The Morgan fingerprint density at radius 3 is 2.00 bits per heavy atom. The third-order valence-electron chi connectivity index (χ3n) is 4.94. The number of pyridine rings is 1. The second-order valence-corrected chi connectivity index (χ2v) is 6.18. The highest BCUT2D eigenvalue weighted by Gasteiger charge is 2.58. The summed E-state index contributed by atoms with van der Waals surface area (Å²) in [5.74, 6) is -0.252. The van der Waals surface area contributed by atoms with Crippen LogP contribution in [0.1, 0.15) is 45.7 Å². The maximum absolute atomic E-state index is 13.3. The van der Waals surface area contributed by atoms with Crippen molar-refractivity contribution in [1.82, 2.24) is 9.88 Å². The van der Waals surface area contributed by atoms with Gasteiger partial charge in [-0.25, -0.2) is 0 Å². The Morgan fingerprint density at radius 2 is 1.43 bits per heavy atom. The average molecular weight is 306 g/mol. The molecule has 0 bridgehead atoms. The molecular weight excluding hydrogens is 288 g/mol. The molecule has 1 aliphatic heterocycles. The van der Waals surface area contributed by atoms with Crippen molar-refractivity contribution < 1.29 is 9.59 Å². The molecule has 0 radical (unpaired) electrons. The Kier molecular flexibility index (Phi) is 3.34. The van der Waals surface area contributed by atoms with E-state index in [4.69, 9.17) is 0 Å². The quantitative estimate of drug-likeness (QED) is 0.801. The van der Waals surface area contributed by atoms with Gasteiger partial charge in [-0.15, -0.1) is 0 Å². The van der Waals surface area contributed by atoms with Gasteiger partial charge >= 0.3 is 0 Å². The van der Waals surface area contributed by atoms with Crippen molar-refractivity contribution in [1.29, 1.82) is 0 Å². The van der Waals surface area contributed by atoms with Crippen LogP contribution in [0, 0.1) is 0 Å². The number of carbonyl (C=O) groups is 2. The number of hydrogen-bond acceptors (Lipinski definition) is 4. The Bertz CT molecular complexity index is 729. The van der Waals surface area contributed by atoms with Gasteiger partial charge in [-0.1, -0.05) is 36.8 Å². The second kappa shape index (κ2) is 5.39. The van der Waals surface area contributed by atoms with Gasteiger partial charge in [-0.2, -0.15) is 0 Å². The summed E-state index contributed by atoms with van der Waals surface area (Å²) in [5, 5.41) is 0. The lowest BCUT2D eigenvalue weighted by Crippen LogP contribution is -2.56. The normalized spacial score (nSPS) is 20.5. The van der Waals surface area contributed by atoms with Gasteiger partial charge in [-0.3, -0.25) is 19.5 Å². The van der Waals surface area contributed by atoms with Gasteiger partial charge < -0.3 is 0 Å². The predicted octanol–water partition coefficient (Wildman–Crippen LogP) is 2.84. The monoisotopic (exact) mass is 306 g/mol. The van der Waals surface area contributed by atoms with Crippen LogP contribution in [0.2, 0.25) is 0 Å². The summed E-state index contributed by atoms with van der Waals surface area (Å²) in [4.78, 5) is 33.1. The van der Waals surface area contributed by atoms with E-state index in [1.165, 1.54) is 0 Å². The molecule has 2 aromatic rings. The number of likely N-dealkylation sites (tertiary alicyclic amines) is 1. The molecule has 0 saturated carbocycles. The van der Waals surface area contributed by atoms with E-state index in [1.54, 1.807) is 24.4 Å². The first-order valence-electron chi connectivity index (χ1n) is 8.11. The van der Waals surface area contributed by atoms with E-state index >= 15 is 0 Å². The van der Waals surface area contributed by atoms with Crippen molar-refractivity contribution in [3.8, 4) is 0 Å². The number of rotatable bonds is 2. The minimum absolute atomic E-state index is 0.126. The summed E-state index contributed by atoms with van der Waals surface area (Å²) in [7, 11) is 0. The van der Waals surface area contributed by atoms with Crippen molar-refractivity contribution in [2.75, 3.05) is 13.1 Å². The van der Waals surface area contributed by atoms with Crippen molar-refractivity contribution in [3.05, 3.63) is 65.5 Å². The first-order chi connectivity index (χ1) is 11.3. The molecule has 2 heterocycles. The molecule has 1 saturated heterocycles. The first-order valence-corrected chi connectivity index (χ1v) is 8.11. The van der Waals surface area contributed by atoms with Crippen LogP contribution in [0.15, 0.2) is 48.7 Å². The van der Waals surface area contributed by atoms with Crippen LogP contribution in [0.3, 0.4) is 0 Å². The topological polar surface area (TPSA) is 50.3 Å². The third-order valence-corrected chi connectivity index (χ3v) is 4.94. The Balaban J connectivity index is 1.94. The fourth-order valence-electron chi connectivity index (χ4n) is 3.86. The van der Waals surface area contributed by atoms with Crippen molar-refractivity contribution >= 4 is 11.6 Å². The molecular formula is C19H18N2O2. The number of aromatic nitrogens is 1. The van der Waals surface area contributed by atoms with E-state index in [-0.39, 0.29) is 11.6 Å². The maximum Gasteiger partial charge on any atom is 0.198 e. The van der Waals surface area contributed by atoms with Gasteiger partial charge in [0, 0.05) is 17.3 Å².